The molecule has 4 nitrogen and oxygen atoms in total. The average Bonchev–Trinajstić information content (AvgIpc) is 3.11. The summed E-state index contributed by atoms with van der Waals surface area (Å²) in [6, 6.07) is 0.881. The maximum Gasteiger partial charge on any atom is 0.129 e. The van der Waals surface area contributed by atoms with Crippen LogP contribution in [0.1, 0.15) is 19.3 Å². The second-order valence-electron chi connectivity index (χ2n) is 5.83. The van der Waals surface area contributed by atoms with Crippen molar-refractivity contribution in [3.05, 3.63) is 0 Å². The number of rotatable bonds is 4. The van der Waals surface area contributed by atoms with Gasteiger partial charge in [-0.1, -0.05) is 0 Å². The van der Waals surface area contributed by atoms with Gasteiger partial charge in [-0.15, -0.1) is 0 Å². The first kappa shape index (κ1) is 11.6. The number of carbonyl (C=O) groups excluding carboxylic acids is 1. The van der Waals surface area contributed by atoms with E-state index in [1.165, 1.54) is 25.9 Å². The van der Waals surface area contributed by atoms with Gasteiger partial charge in [0.1, 0.15) is 6.29 Å². The molecule has 0 radical (unpaired) electrons. The maximum atomic E-state index is 11.3. The van der Waals surface area contributed by atoms with Crippen LogP contribution in [0.3, 0.4) is 0 Å². The van der Waals surface area contributed by atoms with Crippen LogP contribution in [0, 0.1) is 5.41 Å². The first-order valence-electron chi connectivity index (χ1n) is 6.82. The Morgan fingerprint density at radius 2 is 2.00 bits per heavy atom. The molecule has 0 bridgehead atoms. The Bertz CT molecular complexity index is 277. The van der Waals surface area contributed by atoms with Crippen LogP contribution in [-0.2, 0) is 9.53 Å². The summed E-state index contributed by atoms with van der Waals surface area (Å²) in [7, 11) is 0. The Kier molecular flexibility index (Phi) is 3.19. The Balaban J connectivity index is 1.50. The van der Waals surface area contributed by atoms with Crippen molar-refractivity contribution in [1.82, 2.24) is 9.80 Å². The Labute approximate surface area is 103 Å². The quantitative estimate of drug-likeness (QED) is 0.663. The molecule has 0 aromatic rings. The molecule has 0 aromatic heterocycles. The summed E-state index contributed by atoms with van der Waals surface area (Å²) >= 11 is 0. The van der Waals surface area contributed by atoms with Crippen molar-refractivity contribution in [3.8, 4) is 0 Å². The molecule has 1 aliphatic carbocycles. The topological polar surface area (TPSA) is 32.8 Å². The number of carbonyl (C=O) groups is 1. The second kappa shape index (κ2) is 4.67. The zero-order chi connectivity index (χ0) is 11.7. The average molecular weight is 238 g/mol. The van der Waals surface area contributed by atoms with Crippen molar-refractivity contribution in [2.45, 2.75) is 25.3 Å². The van der Waals surface area contributed by atoms with Crippen LogP contribution in [0.15, 0.2) is 0 Å². The van der Waals surface area contributed by atoms with E-state index >= 15 is 0 Å². The van der Waals surface area contributed by atoms with Crippen molar-refractivity contribution < 1.29 is 9.53 Å². The third kappa shape index (κ3) is 2.54. The standard InChI is InChI=1S/C13H22N2O2/c16-10-13(3-8-17-11-13)9-14-4-6-15(7-5-14)12-1-2-12/h10,12H,1-9,11H2. The summed E-state index contributed by atoms with van der Waals surface area (Å²) < 4.78 is 5.39. The Morgan fingerprint density at radius 1 is 1.24 bits per heavy atom. The van der Waals surface area contributed by atoms with E-state index in [0.717, 1.165) is 45.0 Å². The summed E-state index contributed by atoms with van der Waals surface area (Å²) in [6.07, 6.45) is 4.82. The van der Waals surface area contributed by atoms with Gasteiger partial charge in [-0.3, -0.25) is 9.80 Å². The molecule has 0 N–H and O–H groups in total. The van der Waals surface area contributed by atoms with Crippen LogP contribution in [0.4, 0.5) is 0 Å². The number of hydrogen-bond acceptors (Lipinski definition) is 4. The fraction of sp³-hybridized carbons (Fsp3) is 0.923. The number of nitrogens with zero attached hydrogens (tertiary/aromatic N) is 2. The lowest BCUT2D eigenvalue weighted by atomic mass is 9.88. The normalized spacial score (nSPS) is 36.2. The Morgan fingerprint density at radius 3 is 2.53 bits per heavy atom. The van der Waals surface area contributed by atoms with E-state index < -0.39 is 0 Å². The predicted molar refractivity (Wildman–Crippen MR) is 65.0 cm³/mol. The van der Waals surface area contributed by atoms with Crippen molar-refractivity contribution in [1.29, 1.82) is 0 Å². The van der Waals surface area contributed by atoms with Gasteiger partial charge in [0.15, 0.2) is 0 Å². The molecule has 0 amide bonds. The number of ether oxygens (including phenoxy) is 1. The van der Waals surface area contributed by atoms with Gasteiger partial charge < -0.3 is 9.53 Å². The van der Waals surface area contributed by atoms with Crippen LogP contribution in [0.5, 0.6) is 0 Å². The van der Waals surface area contributed by atoms with Crippen molar-refractivity contribution in [2.75, 3.05) is 45.9 Å². The largest absolute Gasteiger partial charge is 0.380 e. The van der Waals surface area contributed by atoms with E-state index in [-0.39, 0.29) is 5.41 Å². The van der Waals surface area contributed by atoms with E-state index in [9.17, 15) is 4.79 Å². The number of piperazine rings is 1. The van der Waals surface area contributed by atoms with Gasteiger partial charge >= 0.3 is 0 Å². The van der Waals surface area contributed by atoms with Gasteiger partial charge in [0, 0.05) is 45.4 Å². The summed E-state index contributed by atoms with van der Waals surface area (Å²) in [4.78, 5) is 16.3. The molecular weight excluding hydrogens is 216 g/mol. The van der Waals surface area contributed by atoms with Crippen molar-refractivity contribution in [2.24, 2.45) is 5.41 Å². The minimum absolute atomic E-state index is 0.207. The zero-order valence-electron chi connectivity index (χ0n) is 10.4. The van der Waals surface area contributed by atoms with Crippen molar-refractivity contribution in [3.63, 3.8) is 0 Å². The highest BCUT2D eigenvalue weighted by Gasteiger charge is 2.38. The first-order valence-corrected chi connectivity index (χ1v) is 6.82. The lowest BCUT2D eigenvalue weighted by molar-refractivity contribution is -0.117. The Hall–Kier alpha value is -0.450. The molecule has 1 unspecified atom stereocenters. The minimum atomic E-state index is -0.207. The van der Waals surface area contributed by atoms with Gasteiger partial charge in [0.25, 0.3) is 0 Å². The number of hydrogen-bond donors (Lipinski definition) is 0. The summed E-state index contributed by atoms with van der Waals surface area (Å²) in [5.74, 6) is 0. The molecule has 2 aliphatic heterocycles. The van der Waals surface area contributed by atoms with Gasteiger partial charge in [-0.25, -0.2) is 0 Å². The molecule has 17 heavy (non-hydrogen) atoms. The van der Waals surface area contributed by atoms with E-state index in [1.807, 2.05) is 0 Å². The molecule has 0 spiro atoms. The van der Waals surface area contributed by atoms with Crippen LogP contribution < -0.4 is 0 Å². The molecule has 1 atom stereocenters. The van der Waals surface area contributed by atoms with Crippen LogP contribution in [-0.4, -0.2) is 68.1 Å². The third-order valence-corrected chi connectivity index (χ3v) is 4.39. The summed E-state index contributed by atoms with van der Waals surface area (Å²) in [5.41, 5.74) is -0.207. The molecule has 1 saturated carbocycles. The molecule has 3 aliphatic rings. The molecule has 2 heterocycles. The van der Waals surface area contributed by atoms with E-state index in [4.69, 9.17) is 4.74 Å². The third-order valence-electron chi connectivity index (χ3n) is 4.39. The van der Waals surface area contributed by atoms with Gasteiger partial charge in [-0.05, 0) is 19.3 Å². The van der Waals surface area contributed by atoms with Gasteiger partial charge in [-0.2, -0.15) is 0 Å². The zero-order valence-corrected chi connectivity index (χ0v) is 10.4. The highest BCUT2D eigenvalue weighted by Crippen LogP contribution is 2.30. The smallest absolute Gasteiger partial charge is 0.129 e. The highest BCUT2D eigenvalue weighted by atomic mass is 16.5. The lowest BCUT2D eigenvalue weighted by Gasteiger charge is -2.38. The molecule has 3 fully saturated rings. The highest BCUT2D eigenvalue weighted by molar-refractivity contribution is 5.60. The van der Waals surface area contributed by atoms with Crippen LogP contribution in [0.2, 0.25) is 0 Å². The molecule has 2 saturated heterocycles. The summed E-state index contributed by atoms with van der Waals surface area (Å²) in [5, 5.41) is 0. The summed E-state index contributed by atoms with van der Waals surface area (Å²) in [6.45, 7) is 6.87. The minimum Gasteiger partial charge on any atom is -0.380 e. The fourth-order valence-corrected chi connectivity index (χ4v) is 3.05. The van der Waals surface area contributed by atoms with Crippen LogP contribution >= 0.6 is 0 Å². The van der Waals surface area contributed by atoms with E-state index in [2.05, 4.69) is 9.80 Å². The molecular formula is C13H22N2O2. The van der Waals surface area contributed by atoms with Crippen molar-refractivity contribution >= 4 is 6.29 Å². The molecule has 3 rings (SSSR count). The molecule has 4 heteroatoms. The predicted octanol–water partition coefficient (Wildman–Crippen LogP) is 0.372. The van der Waals surface area contributed by atoms with Crippen LogP contribution in [0.25, 0.3) is 0 Å². The SMILES string of the molecule is O=CC1(CN2CCN(C3CC3)CC2)CCOC1. The first-order chi connectivity index (χ1) is 8.31. The number of aldehydes is 1. The second-order valence-corrected chi connectivity index (χ2v) is 5.83. The van der Waals surface area contributed by atoms with Gasteiger partial charge in [0.05, 0.1) is 12.0 Å². The molecule has 0 aromatic carbocycles. The molecule has 96 valence electrons. The monoisotopic (exact) mass is 238 g/mol. The maximum absolute atomic E-state index is 11.3. The fourth-order valence-electron chi connectivity index (χ4n) is 3.05. The van der Waals surface area contributed by atoms with E-state index in [0.29, 0.717) is 6.61 Å². The van der Waals surface area contributed by atoms with Gasteiger partial charge in [0.2, 0.25) is 0 Å². The lowest BCUT2D eigenvalue weighted by Crippen LogP contribution is -2.51. The van der Waals surface area contributed by atoms with E-state index in [1.54, 1.807) is 0 Å².